The Hall–Kier alpha value is -1.84. The van der Waals surface area contributed by atoms with Crippen LogP contribution in [0.15, 0.2) is 24.3 Å². The van der Waals surface area contributed by atoms with Gasteiger partial charge in [0.15, 0.2) is 5.78 Å². The number of hydrogen-bond acceptors (Lipinski definition) is 2. The maximum absolute atomic E-state index is 11.8. The molecule has 1 atom stereocenters. The summed E-state index contributed by atoms with van der Waals surface area (Å²) in [6, 6.07) is 6.69. The van der Waals surface area contributed by atoms with Crippen LogP contribution in [0, 0.1) is 5.41 Å². The molecule has 1 aromatic carbocycles. The van der Waals surface area contributed by atoms with Crippen molar-refractivity contribution >= 4 is 17.5 Å². The molecule has 2 amide bonds. The molecule has 104 valence electrons. The molecule has 0 bridgehead atoms. The first-order valence-corrected chi connectivity index (χ1v) is 6.38. The Bertz CT molecular complexity index is 475. The first-order chi connectivity index (χ1) is 8.70. The first kappa shape index (κ1) is 15.2. The number of rotatable bonds is 3. The van der Waals surface area contributed by atoms with Gasteiger partial charge < -0.3 is 10.6 Å². The second-order valence-electron chi connectivity index (χ2n) is 5.82. The molecule has 0 aliphatic heterocycles. The number of anilines is 1. The van der Waals surface area contributed by atoms with Crippen LogP contribution in [-0.2, 0) is 0 Å². The van der Waals surface area contributed by atoms with Gasteiger partial charge in [-0.15, -0.1) is 0 Å². The lowest BCUT2D eigenvalue weighted by atomic mass is 9.88. The maximum Gasteiger partial charge on any atom is 0.319 e. The van der Waals surface area contributed by atoms with Gasteiger partial charge in [0.25, 0.3) is 0 Å². The van der Waals surface area contributed by atoms with Crippen LogP contribution >= 0.6 is 0 Å². The van der Waals surface area contributed by atoms with Crippen molar-refractivity contribution in [1.82, 2.24) is 5.32 Å². The van der Waals surface area contributed by atoms with Crippen molar-refractivity contribution in [1.29, 1.82) is 0 Å². The van der Waals surface area contributed by atoms with Gasteiger partial charge in [0.1, 0.15) is 0 Å². The Morgan fingerprint density at radius 3 is 2.37 bits per heavy atom. The minimum absolute atomic E-state index is 0.00142. The topological polar surface area (TPSA) is 58.2 Å². The van der Waals surface area contributed by atoms with E-state index in [0.29, 0.717) is 11.3 Å². The van der Waals surface area contributed by atoms with Crippen molar-refractivity contribution < 1.29 is 9.59 Å². The molecule has 0 radical (unpaired) electrons. The Kier molecular flexibility index (Phi) is 4.70. The molecule has 0 spiro atoms. The Morgan fingerprint density at radius 1 is 1.21 bits per heavy atom. The van der Waals surface area contributed by atoms with Crippen molar-refractivity contribution in [2.24, 2.45) is 5.41 Å². The molecule has 0 aliphatic rings. The lowest BCUT2D eigenvalue weighted by Gasteiger charge is -2.28. The summed E-state index contributed by atoms with van der Waals surface area (Å²) in [4.78, 5) is 23.1. The third-order valence-electron chi connectivity index (χ3n) is 3.17. The third kappa shape index (κ3) is 4.73. The minimum Gasteiger partial charge on any atom is -0.335 e. The summed E-state index contributed by atoms with van der Waals surface area (Å²) >= 11 is 0. The third-order valence-corrected chi connectivity index (χ3v) is 3.17. The van der Waals surface area contributed by atoms with Crippen molar-refractivity contribution in [2.45, 2.75) is 40.7 Å². The van der Waals surface area contributed by atoms with E-state index in [9.17, 15) is 9.59 Å². The SMILES string of the molecule is CC(=O)c1cccc(NC(=O)NC(C)C(C)(C)C)c1. The standard InChI is InChI=1S/C15H22N2O2/c1-10(18)12-7-6-8-13(9-12)17-14(19)16-11(2)15(3,4)5/h6-9,11H,1-5H3,(H2,16,17,19). The average Bonchev–Trinajstić information content (AvgIpc) is 2.27. The van der Waals surface area contributed by atoms with Crippen LogP contribution in [0.1, 0.15) is 45.0 Å². The van der Waals surface area contributed by atoms with Gasteiger partial charge in [-0.3, -0.25) is 4.79 Å². The average molecular weight is 262 g/mol. The molecule has 2 N–H and O–H groups in total. The Morgan fingerprint density at radius 2 is 1.84 bits per heavy atom. The van der Waals surface area contributed by atoms with Crippen molar-refractivity contribution in [2.75, 3.05) is 5.32 Å². The van der Waals surface area contributed by atoms with Crippen molar-refractivity contribution in [3.63, 3.8) is 0 Å². The van der Waals surface area contributed by atoms with Gasteiger partial charge in [0.05, 0.1) is 0 Å². The summed E-state index contributed by atoms with van der Waals surface area (Å²) in [5, 5.41) is 5.62. The fourth-order valence-electron chi connectivity index (χ4n) is 1.40. The highest BCUT2D eigenvalue weighted by Crippen LogP contribution is 2.18. The zero-order chi connectivity index (χ0) is 14.6. The molecule has 0 saturated heterocycles. The molecule has 4 heteroatoms. The second-order valence-corrected chi connectivity index (χ2v) is 5.82. The molecular formula is C15H22N2O2. The number of urea groups is 1. The van der Waals surface area contributed by atoms with Crippen molar-refractivity contribution in [3.05, 3.63) is 29.8 Å². The summed E-state index contributed by atoms with van der Waals surface area (Å²) in [5.41, 5.74) is 1.20. The Labute approximate surface area is 114 Å². The second kappa shape index (κ2) is 5.87. The van der Waals surface area contributed by atoms with E-state index in [4.69, 9.17) is 0 Å². The maximum atomic E-state index is 11.8. The van der Waals surface area contributed by atoms with Crippen LogP contribution in [0.2, 0.25) is 0 Å². The molecule has 0 fully saturated rings. The molecule has 0 aromatic heterocycles. The van der Waals surface area contributed by atoms with Crippen LogP contribution in [0.25, 0.3) is 0 Å². The van der Waals surface area contributed by atoms with Crippen LogP contribution in [0.5, 0.6) is 0 Å². The van der Waals surface area contributed by atoms with Gasteiger partial charge in [-0.2, -0.15) is 0 Å². The number of carbonyl (C=O) groups excluding carboxylic acids is 2. The van der Waals surface area contributed by atoms with Gasteiger partial charge in [-0.25, -0.2) is 4.79 Å². The van der Waals surface area contributed by atoms with Gasteiger partial charge in [-0.1, -0.05) is 32.9 Å². The number of Topliss-reactive ketones (excluding diaryl/α,β-unsaturated/α-hetero) is 1. The highest BCUT2D eigenvalue weighted by Gasteiger charge is 2.21. The summed E-state index contributed by atoms with van der Waals surface area (Å²) in [5.74, 6) is -0.0212. The molecule has 0 saturated carbocycles. The first-order valence-electron chi connectivity index (χ1n) is 6.38. The van der Waals surface area contributed by atoms with Gasteiger partial charge >= 0.3 is 6.03 Å². The lowest BCUT2D eigenvalue weighted by molar-refractivity contribution is 0.101. The van der Waals surface area contributed by atoms with Crippen molar-refractivity contribution in [3.8, 4) is 0 Å². The quantitative estimate of drug-likeness (QED) is 0.820. The van der Waals surface area contributed by atoms with E-state index >= 15 is 0 Å². The zero-order valence-corrected chi connectivity index (χ0v) is 12.2. The lowest BCUT2D eigenvalue weighted by Crippen LogP contribution is -2.43. The monoisotopic (exact) mass is 262 g/mol. The number of benzene rings is 1. The Balaban J connectivity index is 2.67. The highest BCUT2D eigenvalue weighted by atomic mass is 16.2. The normalized spacial score (nSPS) is 12.7. The van der Waals surface area contributed by atoms with Crippen LogP contribution < -0.4 is 10.6 Å². The molecule has 0 aliphatic carbocycles. The minimum atomic E-state index is -0.261. The summed E-state index contributed by atoms with van der Waals surface area (Å²) in [7, 11) is 0. The van der Waals surface area contributed by atoms with Gasteiger partial charge in [0, 0.05) is 17.3 Å². The zero-order valence-electron chi connectivity index (χ0n) is 12.2. The smallest absolute Gasteiger partial charge is 0.319 e. The summed E-state index contributed by atoms with van der Waals surface area (Å²) in [6.45, 7) is 9.66. The number of hydrogen-bond donors (Lipinski definition) is 2. The van der Waals surface area contributed by atoms with E-state index in [2.05, 4.69) is 31.4 Å². The van der Waals surface area contributed by atoms with E-state index in [1.54, 1.807) is 24.3 Å². The molecule has 4 nitrogen and oxygen atoms in total. The number of carbonyl (C=O) groups is 2. The van der Waals surface area contributed by atoms with E-state index in [0.717, 1.165) is 0 Å². The molecular weight excluding hydrogens is 240 g/mol. The van der Waals surface area contributed by atoms with E-state index in [1.165, 1.54) is 6.92 Å². The predicted octanol–water partition coefficient (Wildman–Crippen LogP) is 3.45. The number of nitrogens with one attached hydrogen (secondary N) is 2. The fourth-order valence-corrected chi connectivity index (χ4v) is 1.40. The molecule has 1 unspecified atom stereocenters. The summed E-state index contributed by atoms with van der Waals surface area (Å²) < 4.78 is 0. The van der Waals surface area contributed by atoms with Crippen LogP contribution in [0.4, 0.5) is 10.5 Å². The van der Waals surface area contributed by atoms with Crippen LogP contribution in [-0.4, -0.2) is 17.9 Å². The van der Waals surface area contributed by atoms with E-state index < -0.39 is 0 Å². The number of ketones is 1. The van der Waals surface area contributed by atoms with Gasteiger partial charge in [0.2, 0.25) is 0 Å². The van der Waals surface area contributed by atoms with Gasteiger partial charge in [-0.05, 0) is 31.4 Å². The molecule has 19 heavy (non-hydrogen) atoms. The fraction of sp³-hybridized carbons (Fsp3) is 0.467. The molecule has 0 heterocycles. The van der Waals surface area contributed by atoms with Crippen LogP contribution in [0.3, 0.4) is 0 Å². The summed E-state index contributed by atoms with van der Waals surface area (Å²) in [6.07, 6.45) is 0. The largest absolute Gasteiger partial charge is 0.335 e. The predicted molar refractivity (Wildman–Crippen MR) is 77.5 cm³/mol. The molecule has 1 aromatic rings. The number of amides is 2. The van der Waals surface area contributed by atoms with E-state index in [-0.39, 0.29) is 23.3 Å². The molecule has 1 rings (SSSR count). The highest BCUT2D eigenvalue weighted by molar-refractivity contribution is 5.96. The van der Waals surface area contributed by atoms with E-state index in [1.807, 2.05) is 6.92 Å².